The number of nitrogens with zero attached hydrogens (tertiary/aromatic N) is 1. The molecule has 2 atom stereocenters. The van der Waals surface area contributed by atoms with Crippen molar-refractivity contribution in [2.24, 2.45) is 11.7 Å². The molecule has 0 unspecified atom stereocenters. The van der Waals surface area contributed by atoms with Crippen molar-refractivity contribution in [2.75, 3.05) is 18.4 Å². The van der Waals surface area contributed by atoms with E-state index in [-0.39, 0.29) is 6.54 Å². The summed E-state index contributed by atoms with van der Waals surface area (Å²) in [5.41, 5.74) is 8.62. The number of primary amides is 1. The number of esters is 1. The molecule has 0 spiro atoms. The van der Waals surface area contributed by atoms with Crippen molar-refractivity contribution in [1.82, 2.24) is 4.90 Å². The average molecular weight is 409 g/mol. The number of amides is 3. The van der Waals surface area contributed by atoms with Crippen molar-refractivity contribution in [3.63, 3.8) is 0 Å². The number of aryl methyl sites for hydroxylation is 2. The fourth-order valence-corrected chi connectivity index (χ4v) is 3.74. The van der Waals surface area contributed by atoms with E-state index < -0.39 is 29.9 Å². The van der Waals surface area contributed by atoms with E-state index in [1.165, 1.54) is 4.90 Å². The highest BCUT2D eigenvalue weighted by atomic mass is 16.5. The number of nitrogens with two attached hydrogens (primary N) is 1. The molecule has 30 heavy (non-hydrogen) atoms. The molecule has 7 heteroatoms. The standard InChI is InChI=1S/C23H27N3O4/c1-15-11-16(2)13-19(12-15)25-21(27)20(17-7-4-3-5-8-17)30-22(28)18-9-6-10-26(14-18)23(24)29/h3-5,7-8,11-13,18,20H,6,9-10,14H2,1-2H3,(H2,24,29)(H,25,27)/t18-,20-/m0/s1. The molecule has 1 aliphatic heterocycles. The zero-order chi connectivity index (χ0) is 21.7. The molecule has 0 bridgehead atoms. The molecule has 2 aromatic rings. The summed E-state index contributed by atoms with van der Waals surface area (Å²) in [5.74, 6) is -1.45. The molecule has 1 fully saturated rings. The number of anilines is 1. The van der Waals surface area contributed by atoms with E-state index in [2.05, 4.69) is 5.32 Å². The highest BCUT2D eigenvalue weighted by molar-refractivity contribution is 5.96. The summed E-state index contributed by atoms with van der Waals surface area (Å²) >= 11 is 0. The second-order valence-electron chi connectivity index (χ2n) is 7.72. The Balaban J connectivity index is 1.78. The minimum Gasteiger partial charge on any atom is -0.447 e. The normalized spacial score (nSPS) is 17.1. The maximum atomic E-state index is 13.1. The maximum Gasteiger partial charge on any atom is 0.314 e. The molecule has 1 saturated heterocycles. The summed E-state index contributed by atoms with van der Waals surface area (Å²) in [6.45, 7) is 4.62. The third-order valence-corrected chi connectivity index (χ3v) is 5.13. The Labute approximate surface area is 176 Å². The van der Waals surface area contributed by atoms with Gasteiger partial charge in [-0.25, -0.2) is 4.79 Å². The highest BCUT2D eigenvalue weighted by Gasteiger charge is 2.33. The van der Waals surface area contributed by atoms with Gasteiger partial charge in [-0.3, -0.25) is 9.59 Å². The van der Waals surface area contributed by atoms with Crippen molar-refractivity contribution in [3.05, 3.63) is 65.2 Å². The maximum absolute atomic E-state index is 13.1. The quantitative estimate of drug-likeness (QED) is 0.740. The number of ether oxygens (including phenoxy) is 1. The molecular weight excluding hydrogens is 382 g/mol. The van der Waals surface area contributed by atoms with Gasteiger partial charge >= 0.3 is 12.0 Å². The lowest BCUT2D eigenvalue weighted by Crippen LogP contribution is -2.45. The van der Waals surface area contributed by atoms with Crippen LogP contribution in [0.4, 0.5) is 10.5 Å². The molecular formula is C23H27N3O4. The number of hydrogen-bond donors (Lipinski definition) is 2. The molecule has 1 heterocycles. The number of nitrogens with one attached hydrogen (secondary N) is 1. The van der Waals surface area contributed by atoms with Crippen LogP contribution in [-0.4, -0.2) is 35.9 Å². The number of benzene rings is 2. The minimum atomic E-state index is -1.09. The molecule has 158 valence electrons. The van der Waals surface area contributed by atoms with Crippen LogP contribution in [0.3, 0.4) is 0 Å². The van der Waals surface area contributed by atoms with Crippen molar-refractivity contribution < 1.29 is 19.1 Å². The van der Waals surface area contributed by atoms with Gasteiger partial charge in [0, 0.05) is 24.3 Å². The first kappa shape index (κ1) is 21.4. The Hall–Kier alpha value is -3.35. The van der Waals surface area contributed by atoms with Crippen LogP contribution in [-0.2, 0) is 14.3 Å². The number of carbonyl (C=O) groups excluding carboxylic acids is 3. The molecule has 3 amide bonds. The van der Waals surface area contributed by atoms with Crippen LogP contribution < -0.4 is 11.1 Å². The van der Waals surface area contributed by atoms with Gasteiger partial charge in [0.15, 0.2) is 0 Å². The second-order valence-corrected chi connectivity index (χ2v) is 7.72. The molecule has 0 aliphatic carbocycles. The first-order valence-electron chi connectivity index (χ1n) is 10.0. The van der Waals surface area contributed by atoms with Crippen molar-refractivity contribution in [1.29, 1.82) is 0 Å². The molecule has 1 aliphatic rings. The largest absolute Gasteiger partial charge is 0.447 e. The number of likely N-dealkylation sites (tertiary alicyclic amines) is 1. The van der Waals surface area contributed by atoms with E-state index in [1.807, 2.05) is 38.1 Å². The minimum absolute atomic E-state index is 0.203. The van der Waals surface area contributed by atoms with Gasteiger partial charge in [0.1, 0.15) is 0 Å². The topological polar surface area (TPSA) is 102 Å². The fourth-order valence-electron chi connectivity index (χ4n) is 3.74. The third-order valence-electron chi connectivity index (χ3n) is 5.13. The molecule has 2 aromatic carbocycles. The zero-order valence-electron chi connectivity index (χ0n) is 17.3. The van der Waals surface area contributed by atoms with Gasteiger partial charge in [-0.15, -0.1) is 0 Å². The lowest BCUT2D eigenvalue weighted by atomic mass is 9.98. The third kappa shape index (κ3) is 5.37. The van der Waals surface area contributed by atoms with E-state index in [9.17, 15) is 14.4 Å². The number of hydrogen-bond acceptors (Lipinski definition) is 4. The smallest absolute Gasteiger partial charge is 0.314 e. The van der Waals surface area contributed by atoms with Gasteiger partial charge in [0.05, 0.1) is 5.92 Å². The van der Waals surface area contributed by atoms with Gasteiger partial charge < -0.3 is 20.7 Å². The summed E-state index contributed by atoms with van der Waals surface area (Å²) in [6, 6.07) is 14.1. The molecule has 7 nitrogen and oxygen atoms in total. The predicted octanol–water partition coefficient (Wildman–Crippen LogP) is 3.32. The zero-order valence-corrected chi connectivity index (χ0v) is 17.3. The monoisotopic (exact) mass is 409 g/mol. The molecule has 0 aromatic heterocycles. The Morgan fingerprint density at radius 3 is 2.40 bits per heavy atom. The lowest BCUT2D eigenvalue weighted by Gasteiger charge is -2.31. The van der Waals surface area contributed by atoms with E-state index in [1.54, 1.807) is 24.3 Å². The summed E-state index contributed by atoms with van der Waals surface area (Å²) in [5, 5.41) is 2.86. The lowest BCUT2D eigenvalue weighted by molar-refractivity contribution is -0.160. The van der Waals surface area contributed by atoms with Crippen molar-refractivity contribution in [3.8, 4) is 0 Å². The van der Waals surface area contributed by atoms with E-state index in [0.717, 1.165) is 11.1 Å². The molecule has 0 saturated carbocycles. The van der Waals surface area contributed by atoms with Gasteiger partial charge in [0.2, 0.25) is 6.10 Å². The van der Waals surface area contributed by atoms with Crippen LogP contribution in [0.5, 0.6) is 0 Å². The van der Waals surface area contributed by atoms with Crippen molar-refractivity contribution in [2.45, 2.75) is 32.8 Å². The summed E-state index contributed by atoms with van der Waals surface area (Å²) < 4.78 is 5.67. The van der Waals surface area contributed by atoms with Gasteiger partial charge in [0.25, 0.3) is 5.91 Å². The van der Waals surface area contributed by atoms with E-state index in [0.29, 0.717) is 30.6 Å². The first-order chi connectivity index (χ1) is 14.3. The number of rotatable bonds is 5. The highest BCUT2D eigenvalue weighted by Crippen LogP contribution is 2.25. The van der Waals surface area contributed by atoms with Gasteiger partial charge in [-0.1, -0.05) is 36.4 Å². The fraction of sp³-hybridized carbons (Fsp3) is 0.348. The Morgan fingerprint density at radius 2 is 1.77 bits per heavy atom. The number of piperidine rings is 1. The average Bonchev–Trinajstić information content (AvgIpc) is 2.71. The van der Waals surface area contributed by atoms with Crippen LogP contribution >= 0.6 is 0 Å². The van der Waals surface area contributed by atoms with Crippen LogP contribution in [0.2, 0.25) is 0 Å². The van der Waals surface area contributed by atoms with Crippen LogP contribution in [0, 0.1) is 19.8 Å². The molecule has 0 radical (unpaired) electrons. The Bertz CT molecular complexity index is 909. The second kappa shape index (κ2) is 9.43. The first-order valence-corrected chi connectivity index (χ1v) is 10.0. The summed E-state index contributed by atoms with van der Waals surface area (Å²) in [6.07, 6.45) is 0.152. The van der Waals surface area contributed by atoms with E-state index >= 15 is 0 Å². The number of urea groups is 1. The Kier molecular flexibility index (Phi) is 6.72. The van der Waals surface area contributed by atoms with Crippen LogP contribution in [0.1, 0.15) is 35.6 Å². The van der Waals surface area contributed by atoms with Crippen LogP contribution in [0.25, 0.3) is 0 Å². The predicted molar refractivity (Wildman–Crippen MR) is 114 cm³/mol. The SMILES string of the molecule is Cc1cc(C)cc(NC(=O)[C@@H](OC(=O)[C@H]2CCCN(C(N)=O)C2)c2ccccc2)c1. The Morgan fingerprint density at radius 1 is 1.10 bits per heavy atom. The summed E-state index contributed by atoms with van der Waals surface area (Å²) in [4.78, 5) is 38.8. The molecule has 3 N–H and O–H groups in total. The summed E-state index contributed by atoms with van der Waals surface area (Å²) in [7, 11) is 0. The van der Waals surface area contributed by atoms with Crippen molar-refractivity contribution >= 4 is 23.6 Å². The molecule has 3 rings (SSSR count). The van der Waals surface area contributed by atoms with E-state index in [4.69, 9.17) is 10.5 Å². The van der Waals surface area contributed by atoms with Gasteiger partial charge in [-0.05, 0) is 49.9 Å². The van der Waals surface area contributed by atoms with Gasteiger partial charge in [-0.2, -0.15) is 0 Å². The number of carbonyl (C=O) groups is 3. The van der Waals surface area contributed by atoms with Crippen LogP contribution in [0.15, 0.2) is 48.5 Å².